The number of methoxy groups -OCH3 is 2. The molecule has 2 N–H and O–H groups in total. The Labute approximate surface area is 173 Å². The summed E-state index contributed by atoms with van der Waals surface area (Å²) in [7, 11) is 2.89. The van der Waals surface area contributed by atoms with E-state index < -0.39 is 5.97 Å². The number of thiophene rings is 1. The molecule has 2 aromatic rings. The molecule has 2 rings (SSSR count). The van der Waals surface area contributed by atoms with Crippen LogP contribution in [0.25, 0.3) is 0 Å². The van der Waals surface area contributed by atoms with Gasteiger partial charge in [-0.25, -0.2) is 4.79 Å². The van der Waals surface area contributed by atoms with E-state index in [1.807, 2.05) is 0 Å². The minimum Gasteiger partial charge on any atom is -0.465 e. The van der Waals surface area contributed by atoms with E-state index in [0.29, 0.717) is 48.2 Å². The van der Waals surface area contributed by atoms with Crippen molar-refractivity contribution in [2.75, 3.05) is 40.6 Å². The first-order chi connectivity index (χ1) is 14.0. The van der Waals surface area contributed by atoms with Crippen molar-refractivity contribution in [3.05, 3.63) is 57.3 Å². The average molecular weight is 420 g/mol. The molecule has 0 aliphatic carbocycles. The van der Waals surface area contributed by atoms with Crippen molar-refractivity contribution in [2.45, 2.75) is 6.54 Å². The predicted octanol–water partition coefficient (Wildman–Crippen LogP) is 1.86. The summed E-state index contributed by atoms with van der Waals surface area (Å²) in [5.74, 6) is -0.935. The Bertz CT molecular complexity index is 819. The molecule has 0 saturated heterocycles. The van der Waals surface area contributed by atoms with E-state index in [-0.39, 0.29) is 11.8 Å². The fourth-order valence-corrected chi connectivity index (χ4v) is 3.14. The number of nitrogens with one attached hydrogen (secondary N) is 2. The molecule has 0 radical (unpaired) electrons. The fraction of sp³-hybridized carbons (Fsp3) is 0.350. The van der Waals surface area contributed by atoms with Crippen LogP contribution in [0.4, 0.5) is 0 Å². The van der Waals surface area contributed by atoms with Gasteiger partial charge in [-0.2, -0.15) is 0 Å². The highest BCUT2D eigenvalue weighted by Crippen LogP contribution is 2.17. The molecular formula is C20H24N2O6S. The predicted molar refractivity (Wildman–Crippen MR) is 108 cm³/mol. The van der Waals surface area contributed by atoms with Gasteiger partial charge in [0.2, 0.25) is 0 Å². The van der Waals surface area contributed by atoms with Gasteiger partial charge in [0.15, 0.2) is 0 Å². The second-order valence-electron chi connectivity index (χ2n) is 5.90. The maximum absolute atomic E-state index is 12.2. The van der Waals surface area contributed by atoms with Crippen molar-refractivity contribution in [2.24, 2.45) is 0 Å². The maximum atomic E-state index is 12.2. The van der Waals surface area contributed by atoms with Gasteiger partial charge in [-0.1, -0.05) is 12.1 Å². The van der Waals surface area contributed by atoms with Crippen molar-refractivity contribution in [1.29, 1.82) is 0 Å². The lowest BCUT2D eigenvalue weighted by Gasteiger charge is -2.08. The molecule has 2 amide bonds. The number of hydrogen-bond donors (Lipinski definition) is 2. The van der Waals surface area contributed by atoms with Crippen molar-refractivity contribution >= 4 is 29.1 Å². The molecule has 8 nitrogen and oxygen atoms in total. The number of ether oxygens (including phenoxy) is 3. The maximum Gasteiger partial charge on any atom is 0.348 e. The summed E-state index contributed by atoms with van der Waals surface area (Å²) in [5, 5.41) is 5.56. The molecule has 156 valence electrons. The molecule has 1 heterocycles. The first kappa shape index (κ1) is 22.5. The minimum absolute atomic E-state index is 0.190. The Hall–Kier alpha value is -2.75. The van der Waals surface area contributed by atoms with Crippen LogP contribution in [0.3, 0.4) is 0 Å². The standard InChI is InChI=1S/C20H24N2O6S/c1-26-11-12-28-10-9-21-18(23)15-5-3-14(4-6-15)13-22-19(24)16-7-8-17(29-16)20(25)27-2/h3-8H,9-13H2,1-2H3,(H,21,23)(H,22,24). The number of carbonyl (C=O) groups excluding carboxylic acids is 3. The zero-order valence-electron chi connectivity index (χ0n) is 16.4. The zero-order valence-corrected chi connectivity index (χ0v) is 17.2. The second-order valence-corrected chi connectivity index (χ2v) is 6.98. The largest absolute Gasteiger partial charge is 0.465 e. The van der Waals surface area contributed by atoms with Crippen LogP contribution in [-0.4, -0.2) is 58.4 Å². The summed E-state index contributed by atoms with van der Waals surface area (Å²) in [6.45, 7) is 2.14. The van der Waals surface area contributed by atoms with Crippen LogP contribution in [0.15, 0.2) is 36.4 Å². The molecule has 0 spiro atoms. The van der Waals surface area contributed by atoms with E-state index in [9.17, 15) is 14.4 Å². The summed E-state index contributed by atoms with van der Waals surface area (Å²) < 4.78 is 14.8. The molecule has 0 aliphatic heterocycles. The quantitative estimate of drug-likeness (QED) is 0.425. The lowest BCUT2D eigenvalue weighted by Crippen LogP contribution is -2.27. The number of hydrogen-bond acceptors (Lipinski definition) is 7. The van der Waals surface area contributed by atoms with Crippen LogP contribution in [-0.2, 0) is 20.8 Å². The van der Waals surface area contributed by atoms with Gasteiger partial charge in [0.05, 0.1) is 31.8 Å². The molecule has 29 heavy (non-hydrogen) atoms. The Morgan fingerprint density at radius 2 is 1.59 bits per heavy atom. The van der Waals surface area contributed by atoms with E-state index >= 15 is 0 Å². The fourth-order valence-electron chi connectivity index (χ4n) is 2.30. The first-order valence-corrected chi connectivity index (χ1v) is 9.77. The van der Waals surface area contributed by atoms with Gasteiger partial charge in [0, 0.05) is 25.8 Å². The van der Waals surface area contributed by atoms with Gasteiger partial charge in [0.25, 0.3) is 11.8 Å². The lowest BCUT2D eigenvalue weighted by atomic mass is 10.1. The molecule has 1 aromatic heterocycles. The van der Waals surface area contributed by atoms with Crippen LogP contribution in [0.1, 0.15) is 35.3 Å². The van der Waals surface area contributed by atoms with Gasteiger partial charge in [-0.3, -0.25) is 9.59 Å². The third-order valence-electron chi connectivity index (χ3n) is 3.85. The SMILES string of the molecule is COCCOCCNC(=O)c1ccc(CNC(=O)c2ccc(C(=O)OC)s2)cc1. The molecule has 0 unspecified atom stereocenters. The number of rotatable bonds is 11. The summed E-state index contributed by atoms with van der Waals surface area (Å²) in [6, 6.07) is 10.1. The first-order valence-electron chi connectivity index (χ1n) is 8.95. The highest BCUT2D eigenvalue weighted by atomic mass is 32.1. The molecular weight excluding hydrogens is 396 g/mol. The van der Waals surface area contributed by atoms with Gasteiger partial charge < -0.3 is 24.8 Å². The Balaban J connectivity index is 1.77. The summed E-state index contributed by atoms with van der Waals surface area (Å²) in [6.07, 6.45) is 0. The monoisotopic (exact) mass is 420 g/mol. The minimum atomic E-state index is -0.468. The topological polar surface area (TPSA) is 103 Å². The van der Waals surface area contributed by atoms with Gasteiger partial charge in [-0.15, -0.1) is 11.3 Å². The Kier molecular flexibility index (Phi) is 9.29. The lowest BCUT2D eigenvalue weighted by molar-refractivity contribution is 0.0606. The smallest absolute Gasteiger partial charge is 0.348 e. The average Bonchev–Trinajstić information content (AvgIpc) is 3.24. The van der Waals surface area contributed by atoms with E-state index in [1.165, 1.54) is 7.11 Å². The van der Waals surface area contributed by atoms with Crippen LogP contribution in [0.2, 0.25) is 0 Å². The van der Waals surface area contributed by atoms with Gasteiger partial charge >= 0.3 is 5.97 Å². The van der Waals surface area contributed by atoms with Crippen LogP contribution in [0.5, 0.6) is 0 Å². The Morgan fingerprint density at radius 1 is 0.862 bits per heavy atom. The van der Waals surface area contributed by atoms with E-state index in [1.54, 1.807) is 43.5 Å². The molecule has 0 bridgehead atoms. The number of benzene rings is 1. The van der Waals surface area contributed by atoms with Gasteiger partial charge in [-0.05, 0) is 29.8 Å². The normalized spacial score (nSPS) is 10.4. The zero-order chi connectivity index (χ0) is 21.1. The van der Waals surface area contributed by atoms with Crippen LogP contribution < -0.4 is 10.6 Å². The number of amides is 2. The highest BCUT2D eigenvalue weighted by molar-refractivity contribution is 7.15. The molecule has 0 fully saturated rings. The molecule has 9 heteroatoms. The van der Waals surface area contributed by atoms with Crippen molar-refractivity contribution in [3.8, 4) is 0 Å². The van der Waals surface area contributed by atoms with E-state index in [0.717, 1.165) is 16.9 Å². The van der Waals surface area contributed by atoms with Crippen molar-refractivity contribution in [3.63, 3.8) is 0 Å². The van der Waals surface area contributed by atoms with Crippen molar-refractivity contribution in [1.82, 2.24) is 10.6 Å². The molecule has 0 saturated carbocycles. The third kappa shape index (κ3) is 7.30. The van der Waals surface area contributed by atoms with Gasteiger partial charge in [0.1, 0.15) is 4.88 Å². The van der Waals surface area contributed by atoms with Crippen LogP contribution in [0, 0.1) is 0 Å². The summed E-state index contributed by atoms with van der Waals surface area (Å²) >= 11 is 1.07. The number of carbonyl (C=O) groups is 3. The second kappa shape index (κ2) is 11.9. The summed E-state index contributed by atoms with van der Waals surface area (Å²) in [5.41, 5.74) is 1.38. The molecule has 0 aliphatic rings. The number of esters is 1. The van der Waals surface area contributed by atoms with E-state index in [4.69, 9.17) is 9.47 Å². The summed E-state index contributed by atoms with van der Waals surface area (Å²) in [4.78, 5) is 36.5. The van der Waals surface area contributed by atoms with E-state index in [2.05, 4.69) is 15.4 Å². The van der Waals surface area contributed by atoms with Crippen LogP contribution >= 0.6 is 11.3 Å². The third-order valence-corrected chi connectivity index (χ3v) is 4.91. The molecule has 0 atom stereocenters. The highest BCUT2D eigenvalue weighted by Gasteiger charge is 2.14. The molecule has 1 aromatic carbocycles. The van der Waals surface area contributed by atoms with Crippen molar-refractivity contribution < 1.29 is 28.6 Å². The Morgan fingerprint density at radius 3 is 2.28 bits per heavy atom.